The number of aromatic nitrogens is 1. The van der Waals surface area contributed by atoms with Crippen molar-refractivity contribution in [3.05, 3.63) is 63.5 Å². The number of carbonyl (C=O) groups is 1. The van der Waals surface area contributed by atoms with Gasteiger partial charge in [-0.05, 0) is 30.3 Å². The number of sulfonamides is 1. The summed E-state index contributed by atoms with van der Waals surface area (Å²) in [6, 6.07) is 11.6. The maximum Gasteiger partial charge on any atom is 0.258 e. The fourth-order valence-electron chi connectivity index (χ4n) is 2.34. The molecule has 0 aliphatic heterocycles. The molecule has 3 rings (SSSR count). The standard InChI is InChI=1S/C18H15Cl2N3O3S2/c1-23(28(2,25)26)13-6-3-11(4-7-13)16-10-27-18(21-16)22-17(24)14-8-5-12(19)9-15(14)20/h3-10H,1-2H3,(H,21,22,24). The van der Waals surface area contributed by atoms with Crippen LogP contribution in [-0.2, 0) is 10.0 Å². The third kappa shape index (κ3) is 4.64. The molecule has 2 aromatic carbocycles. The van der Waals surface area contributed by atoms with E-state index in [4.69, 9.17) is 23.2 Å². The number of halogens is 2. The molecule has 0 unspecified atom stereocenters. The molecule has 146 valence electrons. The third-order valence-electron chi connectivity index (χ3n) is 3.92. The molecule has 10 heteroatoms. The second kappa shape index (κ2) is 8.08. The zero-order valence-electron chi connectivity index (χ0n) is 14.8. The largest absolute Gasteiger partial charge is 0.298 e. The fourth-order valence-corrected chi connectivity index (χ4v) is 4.05. The van der Waals surface area contributed by atoms with Gasteiger partial charge in [-0.3, -0.25) is 14.4 Å². The SMILES string of the molecule is CN(c1ccc(-c2csc(NC(=O)c3ccc(Cl)cc3Cl)n2)cc1)S(C)(=O)=O. The van der Waals surface area contributed by atoms with Gasteiger partial charge in [0, 0.05) is 23.0 Å². The van der Waals surface area contributed by atoms with Crippen LogP contribution in [0.4, 0.5) is 10.8 Å². The summed E-state index contributed by atoms with van der Waals surface area (Å²) >= 11 is 13.2. The molecule has 1 amide bonds. The Hall–Kier alpha value is -2.13. The molecule has 28 heavy (non-hydrogen) atoms. The lowest BCUT2D eigenvalue weighted by Crippen LogP contribution is -2.24. The number of rotatable bonds is 5. The summed E-state index contributed by atoms with van der Waals surface area (Å²) in [5, 5.41) is 5.64. The minimum atomic E-state index is -3.32. The Labute approximate surface area is 176 Å². The number of hydrogen-bond donors (Lipinski definition) is 1. The maximum absolute atomic E-state index is 12.4. The van der Waals surface area contributed by atoms with E-state index >= 15 is 0 Å². The van der Waals surface area contributed by atoms with Crippen molar-refractivity contribution in [3.8, 4) is 11.3 Å². The first kappa shape index (κ1) is 20.6. The minimum Gasteiger partial charge on any atom is -0.298 e. The van der Waals surface area contributed by atoms with Crippen LogP contribution in [0.3, 0.4) is 0 Å². The van der Waals surface area contributed by atoms with Gasteiger partial charge in [0.15, 0.2) is 5.13 Å². The molecule has 6 nitrogen and oxygen atoms in total. The lowest BCUT2D eigenvalue weighted by Gasteiger charge is -2.16. The average molecular weight is 456 g/mol. The summed E-state index contributed by atoms with van der Waals surface area (Å²) in [6.45, 7) is 0. The van der Waals surface area contributed by atoms with E-state index in [-0.39, 0.29) is 10.9 Å². The molecular formula is C18H15Cl2N3O3S2. The first-order valence-electron chi connectivity index (χ1n) is 7.91. The molecule has 1 aromatic heterocycles. The molecule has 0 saturated carbocycles. The second-order valence-electron chi connectivity index (χ2n) is 5.89. The summed E-state index contributed by atoms with van der Waals surface area (Å²) in [5.41, 5.74) is 2.31. The summed E-state index contributed by atoms with van der Waals surface area (Å²) in [7, 11) is -1.83. The monoisotopic (exact) mass is 455 g/mol. The smallest absolute Gasteiger partial charge is 0.258 e. The van der Waals surface area contributed by atoms with Gasteiger partial charge in [0.25, 0.3) is 5.91 Å². The van der Waals surface area contributed by atoms with Gasteiger partial charge in [0.05, 0.1) is 28.2 Å². The molecule has 0 radical (unpaired) electrons. The van der Waals surface area contributed by atoms with Crippen LogP contribution in [0.15, 0.2) is 47.8 Å². The van der Waals surface area contributed by atoms with E-state index in [2.05, 4.69) is 10.3 Å². The molecule has 0 spiro atoms. The van der Waals surface area contributed by atoms with E-state index in [1.165, 1.54) is 28.8 Å². The van der Waals surface area contributed by atoms with Gasteiger partial charge in [0.2, 0.25) is 10.0 Å². The van der Waals surface area contributed by atoms with Crippen LogP contribution in [0.1, 0.15) is 10.4 Å². The molecular weight excluding hydrogens is 441 g/mol. The first-order chi connectivity index (χ1) is 13.1. The van der Waals surface area contributed by atoms with E-state index in [9.17, 15) is 13.2 Å². The third-order valence-corrected chi connectivity index (χ3v) is 6.44. The van der Waals surface area contributed by atoms with Crippen molar-refractivity contribution >= 4 is 61.3 Å². The quantitative estimate of drug-likeness (QED) is 0.600. The first-order valence-corrected chi connectivity index (χ1v) is 11.4. The Kier molecular flexibility index (Phi) is 5.95. The second-order valence-corrected chi connectivity index (χ2v) is 9.61. The topological polar surface area (TPSA) is 79.4 Å². The molecule has 0 fully saturated rings. The molecule has 0 aliphatic carbocycles. The van der Waals surface area contributed by atoms with Crippen molar-refractivity contribution in [2.45, 2.75) is 0 Å². The zero-order valence-corrected chi connectivity index (χ0v) is 18.0. The number of thiazole rings is 1. The Morgan fingerprint density at radius 2 is 1.82 bits per heavy atom. The van der Waals surface area contributed by atoms with E-state index in [1.807, 2.05) is 0 Å². The fraction of sp³-hybridized carbons (Fsp3) is 0.111. The summed E-state index contributed by atoms with van der Waals surface area (Å²) < 4.78 is 24.4. The van der Waals surface area contributed by atoms with Crippen LogP contribution in [0.2, 0.25) is 10.0 Å². The van der Waals surface area contributed by atoms with Gasteiger partial charge >= 0.3 is 0 Å². The van der Waals surface area contributed by atoms with Crippen LogP contribution in [0, 0.1) is 0 Å². The lowest BCUT2D eigenvalue weighted by atomic mass is 10.1. The summed E-state index contributed by atoms with van der Waals surface area (Å²) in [6.07, 6.45) is 1.14. The van der Waals surface area contributed by atoms with Crippen molar-refractivity contribution in [2.24, 2.45) is 0 Å². The average Bonchev–Trinajstić information content (AvgIpc) is 3.08. The molecule has 0 bridgehead atoms. The van der Waals surface area contributed by atoms with Gasteiger partial charge in [-0.1, -0.05) is 35.3 Å². The van der Waals surface area contributed by atoms with E-state index in [0.29, 0.717) is 27.1 Å². The Morgan fingerprint density at radius 3 is 2.43 bits per heavy atom. The molecule has 0 saturated heterocycles. The van der Waals surface area contributed by atoms with Gasteiger partial charge in [-0.15, -0.1) is 11.3 Å². The highest BCUT2D eigenvalue weighted by Crippen LogP contribution is 2.28. The predicted octanol–water partition coefficient (Wildman–Crippen LogP) is 4.77. The normalized spacial score (nSPS) is 11.3. The Morgan fingerprint density at radius 1 is 1.14 bits per heavy atom. The number of nitrogens with zero attached hydrogens (tertiary/aromatic N) is 2. The highest BCUT2D eigenvalue weighted by Gasteiger charge is 2.15. The minimum absolute atomic E-state index is 0.257. The molecule has 0 atom stereocenters. The molecule has 0 aliphatic rings. The van der Waals surface area contributed by atoms with E-state index in [1.54, 1.807) is 41.8 Å². The van der Waals surface area contributed by atoms with Gasteiger partial charge < -0.3 is 0 Å². The lowest BCUT2D eigenvalue weighted by molar-refractivity contribution is 0.102. The Bertz CT molecular complexity index is 1130. The predicted molar refractivity (Wildman–Crippen MR) is 115 cm³/mol. The number of amides is 1. The van der Waals surface area contributed by atoms with E-state index < -0.39 is 10.0 Å². The van der Waals surface area contributed by atoms with Crippen LogP contribution in [-0.4, -0.2) is 32.6 Å². The number of benzene rings is 2. The maximum atomic E-state index is 12.4. The number of nitrogens with one attached hydrogen (secondary N) is 1. The van der Waals surface area contributed by atoms with Gasteiger partial charge in [-0.25, -0.2) is 13.4 Å². The molecule has 1 heterocycles. The summed E-state index contributed by atoms with van der Waals surface area (Å²) in [4.78, 5) is 16.8. The van der Waals surface area contributed by atoms with Crippen LogP contribution >= 0.6 is 34.5 Å². The van der Waals surface area contributed by atoms with Crippen LogP contribution in [0.25, 0.3) is 11.3 Å². The molecule has 3 aromatic rings. The van der Waals surface area contributed by atoms with Crippen LogP contribution in [0.5, 0.6) is 0 Å². The van der Waals surface area contributed by atoms with Crippen molar-refractivity contribution in [3.63, 3.8) is 0 Å². The summed E-state index contributed by atoms with van der Waals surface area (Å²) in [5.74, 6) is -0.382. The van der Waals surface area contributed by atoms with E-state index in [0.717, 1.165) is 11.8 Å². The van der Waals surface area contributed by atoms with Crippen molar-refractivity contribution in [1.29, 1.82) is 0 Å². The number of hydrogen-bond acceptors (Lipinski definition) is 5. The van der Waals surface area contributed by atoms with Gasteiger partial charge in [-0.2, -0.15) is 0 Å². The highest BCUT2D eigenvalue weighted by molar-refractivity contribution is 7.92. The number of carbonyl (C=O) groups excluding carboxylic acids is 1. The zero-order chi connectivity index (χ0) is 20.5. The molecule has 1 N–H and O–H groups in total. The van der Waals surface area contributed by atoms with Crippen molar-refractivity contribution in [2.75, 3.05) is 22.9 Å². The highest BCUT2D eigenvalue weighted by atomic mass is 35.5. The van der Waals surface area contributed by atoms with Gasteiger partial charge in [0.1, 0.15) is 0 Å². The van der Waals surface area contributed by atoms with Crippen LogP contribution < -0.4 is 9.62 Å². The van der Waals surface area contributed by atoms with Crippen molar-refractivity contribution in [1.82, 2.24) is 4.98 Å². The Balaban J connectivity index is 1.76. The number of anilines is 2. The van der Waals surface area contributed by atoms with Crippen molar-refractivity contribution < 1.29 is 13.2 Å².